The molecule has 2 rings (SSSR count). The van der Waals surface area contributed by atoms with Crippen molar-refractivity contribution < 1.29 is 4.42 Å². The average Bonchev–Trinajstić information content (AvgIpc) is 2.52. The van der Waals surface area contributed by atoms with E-state index in [0.717, 1.165) is 15.8 Å². The number of anilines is 1. The quantitative estimate of drug-likeness (QED) is 0.799. The van der Waals surface area contributed by atoms with Gasteiger partial charge in [0.15, 0.2) is 0 Å². The van der Waals surface area contributed by atoms with Gasteiger partial charge < -0.3 is 10.2 Å². The van der Waals surface area contributed by atoms with Gasteiger partial charge in [-0.1, -0.05) is 11.6 Å². The van der Waals surface area contributed by atoms with Gasteiger partial charge in [-0.15, -0.1) is 0 Å². The van der Waals surface area contributed by atoms with Crippen LogP contribution in [0.5, 0.6) is 0 Å². The Labute approximate surface area is 94.8 Å². The molecule has 0 radical (unpaired) electrons. The number of hydrogen-bond donors (Lipinski definition) is 1. The van der Waals surface area contributed by atoms with Crippen molar-refractivity contribution in [3.8, 4) is 11.3 Å². The molecule has 0 aliphatic rings. The number of nitrogen functional groups attached to an aromatic ring is 1. The van der Waals surface area contributed by atoms with Crippen molar-refractivity contribution >= 4 is 33.2 Å². The molecule has 2 N–H and O–H groups in total. The summed E-state index contributed by atoms with van der Waals surface area (Å²) in [6, 6.07) is 7.14. The zero-order valence-corrected chi connectivity index (χ0v) is 9.47. The SMILES string of the molecule is Nc1ccc(-c2occc2Br)c(Cl)c1. The van der Waals surface area contributed by atoms with Crippen LogP contribution in [0.4, 0.5) is 5.69 Å². The topological polar surface area (TPSA) is 39.2 Å². The lowest BCUT2D eigenvalue weighted by atomic mass is 10.1. The minimum Gasteiger partial charge on any atom is -0.463 e. The van der Waals surface area contributed by atoms with E-state index in [0.29, 0.717) is 10.7 Å². The van der Waals surface area contributed by atoms with Crippen LogP contribution >= 0.6 is 27.5 Å². The molecule has 0 saturated carbocycles. The van der Waals surface area contributed by atoms with Crippen LogP contribution in [0, 0.1) is 0 Å². The Balaban J connectivity index is 2.58. The monoisotopic (exact) mass is 271 g/mol. The van der Waals surface area contributed by atoms with Gasteiger partial charge in [0.1, 0.15) is 5.76 Å². The van der Waals surface area contributed by atoms with Gasteiger partial charge in [0.25, 0.3) is 0 Å². The standard InChI is InChI=1S/C10H7BrClNO/c11-8-3-4-14-10(8)7-2-1-6(13)5-9(7)12/h1-5H,13H2. The first-order chi connectivity index (χ1) is 6.68. The maximum atomic E-state index is 6.03. The zero-order chi connectivity index (χ0) is 10.1. The largest absolute Gasteiger partial charge is 0.463 e. The van der Waals surface area contributed by atoms with Gasteiger partial charge in [0.05, 0.1) is 15.8 Å². The molecule has 0 aliphatic heterocycles. The van der Waals surface area contributed by atoms with Crippen molar-refractivity contribution in [2.45, 2.75) is 0 Å². The van der Waals surface area contributed by atoms with E-state index in [9.17, 15) is 0 Å². The van der Waals surface area contributed by atoms with E-state index in [1.54, 1.807) is 18.4 Å². The molecule has 0 amide bonds. The van der Waals surface area contributed by atoms with E-state index >= 15 is 0 Å². The summed E-state index contributed by atoms with van der Waals surface area (Å²) in [7, 11) is 0. The lowest BCUT2D eigenvalue weighted by Crippen LogP contribution is -1.85. The number of nitrogens with two attached hydrogens (primary N) is 1. The van der Waals surface area contributed by atoms with Crippen molar-refractivity contribution in [3.05, 3.63) is 40.0 Å². The first kappa shape index (κ1) is 9.62. The van der Waals surface area contributed by atoms with Crippen LogP contribution in [0.3, 0.4) is 0 Å². The van der Waals surface area contributed by atoms with E-state index in [-0.39, 0.29) is 0 Å². The van der Waals surface area contributed by atoms with Crippen LogP contribution in [0.15, 0.2) is 39.4 Å². The summed E-state index contributed by atoms with van der Waals surface area (Å²) >= 11 is 9.40. The van der Waals surface area contributed by atoms with Crippen molar-refractivity contribution in [2.75, 3.05) is 5.73 Å². The number of rotatable bonds is 1. The van der Waals surface area contributed by atoms with Gasteiger partial charge in [0.2, 0.25) is 0 Å². The highest BCUT2D eigenvalue weighted by molar-refractivity contribution is 9.10. The van der Waals surface area contributed by atoms with Crippen molar-refractivity contribution in [1.82, 2.24) is 0 Å². The summed E-state index contributed by atoms with van der Waals surface area (Å²) in [5.41, 5.74) is 7.06. The Morgan fingerprint density at radius 1 is 1.29 bits per heavy atom. The molecule has 0 aliphatic carbocycles. The summed E-state index contributed by atoms with van der Waals surface area (Å²) in [6.07, 6.45) is 1.60. The predicted octanol–water partition coefficient (Wildman–Crippen LogP) is 3.94. The van der Waals surface area contributed by atoms with Gasteiger partial charge in [-0.3, -0.25) is 0 Å². The van der Waals surface area contributed by atoms with Crippen LogP contribution in [-0.2, 0) is 0 Å². The minimum atomic E-state index is 0.584. The Bertz CT molecular complexity index is 467. The predicted molar refractivity (Wildman–Crippen MR) is 61.3 cm³/mol. The van der Waals surface area contributed by atoms with Crippen LogP contribution in [0.1, 0.15) is 0 Å². The summed E-state index contributed by atoms with van der Waals surface area (Å²) in [6.45, 7) is 0. The van der Waals surface area contributed by atoms with E-state index < -0.39 is 0 Å². The third-order valence-electron chi connectivity index (χ3n) is 1.85. The maximum absolute atomic E-state index is 6.03. The van der Waals surface area contributed by atoms with Crippen LogP contribution in [0.2, 0.25) is 5.02 Å². The second-order valence-electron chi connectivity index (χ2n) is 2.84. The Hall–Kier alpha value is -0.930. The molecule has 0 bridgehead atoms. The van der Waals surface area contributed by atoms with Crippen LogP contribution in [0.25, 0.3) is 11.3 Å². The molecular formula is C10H7BrClNO. The van der Waals surface area contributed by atoms with Gasteiger partial charge in [-0.2, -0.15) is 0 Å². The zero-order valence-electron chi connectivity index (χ0n) is 7.13. The molecule has 72 valence electrons. The van der Waals surface area contributed by atoms with E-state index in [1.807, 2.05) is 12.1 Å². The molecule has 1 heterocycles. The second-order valence-corrected chi connectivity index (χ2v) is 4.10. The molecule has 0 fully saturated rings. The van der Waals surface area contributed by atoms with Crippen molar-refractivity contribution in [2.24, 2.45) is 0 Å². The van der Waals surface area contributed by atoms with E-state index in [2.05, 4.69) is 15.9 Å². The first-order valence-corrected chi connectivity index (χ1v) is 5.14. The fourth-order valence-electron chi connectivity index (χ4n) is 1.20. The van der Waals surface area contributed by atoms with E-state index in [1.165, 1.54) is 0 Å². The van der Waals surface area contributed by atoms with Crippen molar-refractivity contribution in [3.63, 3.8) is 0 Å². The maximum Gasteiger partial charge on any atom is 0.149 e. The highest BCUT2D eigenvalue weighted by atomic mass is 79.9. The summed E-state index contributed by atoms with van der Waals surface area (Å²) in [4.78, 5) is 0. The fraction of sp³-hybridized carbons (Fsp3) is 0. The number of furan rings is 1. The third-order valence-corrected chi connectivity index (χ3v) is 2.79. The van der Waals surface area contributed by atoms with Gasteiger partial charge in [0, 0.05) is 11.3 Å². The summed E-state index contributed by atoms with van der Waals surface area (Å²) < 4.78 is 6.18. The molecule has 1 aromatic carbocycles. The molecule has 0 atom stereocenters. The average molecular weight is 273 g/mol. The number of hydrogen-bond acceptors (Lipinski definition) is 2. The summed E-state index contributed by atoms with van der Waals surface area (Å²) in [5.74, 6) is 0.718. The Morgan fingerprint density at radius 2 is 2.07 bits per heavy atom. The normalized spacial score (nSPS) is 10.4. The van der Waals surface area contributed by atoms with Gasteiger partial charge in [-0.05, 0) is 40.2 Å². The molecule has 2 aromatic rings. The van der Waals surface area contributed by atoms with E-state index in [4.69, 9.17) is 21.8 Å². The fourth-order valence-corrected chi connectivity index (χ4v) is 1.89. The van der Waals surface area contributed by atoms with Gasteiger partial charge in [-0.25, -0.2) is 0 Å². The molecular weight excluding hydrogens is 265 g/mol. The van der Waals surface area contributed by atoms with Crippen molar-refractivity contribution in [1.29, 1.82) is 0 Å². The molecule has 0 saturated heterocycles. The second kappa shape index (κ2) is 3.67. The Kier molecular flexibility index (Phi) is 2.52. The number of halogens is 2. The highest BCUT2D eigenvalue weighted by Crippen LogP contribution is 2.34. The molecule has 14 heavy (non-hydrogen) atoms. The first-order valence-electron chi connectivity index (χ1n) is 3.97. The van der Waals surface area contributed by atoms with Gasteiger partial charge >= 0.3 is 0 Å². The highest BCUT2D eigenvalue weighted by Gasteiger charge is 2.10. The Morgan fingerprint density at radius 3 is 2.64 bits per heavy atom. The summed E-state index contributed by atoms with van der Waals surface area (Å²) in [5, 5.41) is 0.584. The van der Waals surface area contributed by atoms with Crippen LogP contribution in [-0.4, -0.2) is 0 Å². The lowest BCUT2D eigenvalue weighted by Gasteiger charge is -2.02. The molecule has 4 heteroatoms. The van der Waals surface area contributed by atoms with Crippen LogP contribution < -0.4 is 5.73 Å². The minimum absolute atomic E-state index is 0.584. The lowest BCUT2D eigenvalue weighted by molar-refractivity contribution is 0.581. The molecule has 0 unspecified atom stereocenters. The third kappa shape index (κ3) is 1.65. The molecule has 1 aromatic heterocycles. The molecule has 2 nitrogen and oxygen atoms in total. The smallest absolute Gasteiger partial charge is 0.149 e. The number of benzene rings is 1. The molecule has 0 spiro atoms.